The number of hydrogen-bond donors (Lipinski definition) is 1. The lowest BCUT2D eigenvalue weighted by Crippen LogP contribution is -2.48. The normalized spacial score (nSPS) is 18.6. The Bertz CT molecular complexity index is 482. The van der Waals surface area contributed by atoms with Crippen LogP contribution >= 0.6 is 0 Å². The minimum absolute atomic E-state index is 0.380. The molecule has 0 aromatic heterocycles. The number of benzene rings is 1. The zero-order chi connectivity index (χ0) is 13.7. The molecule has 0 radical (unpaired) electrons. The lowest BCUT2D eigenvalue weighted by atomic mass is 10.3. The number of rotatable bonds is 5. The second-order valence-electron chi connectivity index (χ2n) is 4.70. The first-order valence-corrected chi connectivity index (χ1v) is 8.06. The maximum atomic E-state index is 12.4. The molecule has 5 nitrogen and oxygen atoms in total. The fraction of sp³-hybridized carbons (Fsp3) is 0.538. The maximum Gasteiger partial charge on any atom is 0.243 e. The smallest absolute Gasteiger partial charge is 0.243 e. The van der Waals surface area contributed by atoms with Gasteiger partial charge >= 0.3 is 0 Å². The van der Waals surface area contributed by atoms with Crippen LogP contribution in [0.4, 0.5) is 0 Å². The maximum absolute atomic E-state index is 12.4. The summed E-state index contributed by atoms with van der Waals surface area (Å²) in [6.45, 7) is 4.32. The Morgan fingerprint density at radius 3 is 2.26 bits per heavy atom. The molecule has 19 heavy (non-hydrogen) atoms. The van der Waals surface area contributed by atoms with Crippen LogP contribution in [0.3, 0.4) is 0 Å². The molecule has 0 amide bonds. The zero-order valence-corrected chi connectivity index (χ0v) is 11.8. The largest absolute Gasteiger partial charge is 0.330 e. The van der Waals surface area contributed by atoms with Crippen LogP contribution in [0.25, 0.3) is 0 Å². The second-order valence-corrected chi connectivity index (χ2v) is 6.64. The number of piperazine rings is 1. The Kier molecular flexibility index (Phi) is 4.93. The van der Waals surface area contributed by atoms with E-state index in [4.69, 9.17) is 5.73 Å². The molecular formula is C13H21N3O2S. The molecule has 1 aromatic rings. The average molecular weight is 283 g/mol. The summed E-state index contributed by atoms with van der Waals surface area (Å²) in [5.74, 6) is 0. The van der Waals surface area contributed by atoms with E-state index in [2.05, 4.69) is 4.90 Å². The van der Waals surface area contributed by atoms with Crippen molar-refractivity contribution in [1.82, 2.24) is 9.21 Å². The molecule has 0 aliphatic carbocycles. The van der Waals surface area contributed by atoms with Gasteiger partial charge < -0.3 is 10.6 Å². The Balaban J connectivity index is 1.98. The van der Waals surface area contributed by atoms with E-state index in [0.717, 1.165) is 26.1 Å². The second kappa shape index (κ2) is 6.47. The van der Waals surface area contributed by atoms with Crippen molar-refractivity contribution in [1.29, 1.82) is 0 Å². The van der Waals surface area contributed by atoms with Gasteiger partial charge in [0.1, 0.15) is 0 Å². The zero-order valence-electron chi connectivity index (χ0n) is 11.0. The van der Waals surface area contributed by atoms with E-state index < -0.39 is 10.0 Å². The predicted molar refractivity (Wildman–Crippen MR) is 75.3 cm³/mol. The summed E-state index contributed by atoms with van der Waals surface area (Å²) in [6, 6.07) is 8.63. The number of sulfonamides is 1. The summed E-state index contributed by atoms with van der Waals surface area (Å²) < 4.78 is 26.4. The van der Waals surface area contributed by atoms with Gasteiger partial charge in [-0.05, 0) is 31.6 Å². The van der Waals surface area contributed by atoms with E-state index in [0.29, 0.717) is 24.5 Å². The Morgan fingerprint density at radius 2 is 1.68 bits per heavy atom. The topological polar surface area (TPSA) is 66.6 Å². The summed E-state index contributed by atoms with van der Waals surface area (Å²) in [6.07, 6.45) is 0.964. The van der Waals surface area contributed by atoms with E-state index in [1.54, 1.807) is 28.6 Å². The highest BCUT2D eigenvalue weighted by atomic mass is 32.2. The SMILES string of the molecule is NCCCN1CCN(S(=O)(=O)c2ccccc2)CC1. The third-order valence-electron chi connectivity index (χ3n) is 3.39. The molecule has 1 fully saturated rings. The van der Waals surface area contributed by atoms with Gasteiger partial charge in [-0.2, -0.15) is 4.31 Å². The van der Waals surface area contributed by atoms with Gasteiger partial charge in [-0.3, -0.25) is 0 Å². The van der Waals surface area contributed by atoms with Crippen molar-refractivity contribution in [2.75, 3.05) is 39.3 Å². The molecule has 0 saturated carbocycles. The van der Waals surface area contributed by atoms with Crippen LogP contribution in [0.5, 0.6) is 0 Å². The standard InChI is InChI=1S/C13H21N3O2S/c14-7-4-8-15-9-11-16(12-10-15)19(17,18)13-5-2-1-3-6-13/h1-3,5-6H,4,7-12,14H2. The molecule has 0 unspecified atom stereocenters. The summed E-state index contributed by atoms with van der Waals surface area (Å²) >= 11 is 0. The molecule has 1 aromatic carbocycles. The predicted octanol–water partition coefficient (Wildman–Crippen LogP) is 0.342. The quantitative estimate of drug-likeness (QED) is 0.846. The minimum atomic E-state index is -3.32. The van der Waals surface area contributed by atoms with E-state index in [9.17, 15) is 8.42 Å². The lowest BCUT2D eigenvalue weighted by Gasteiger charge is -2.33. The van der Waals surface area contributed by atoms with Gasteiger partial charge in [0.15, 0.2) is 0 Å². The highest BCUT2D eigenvalue weighted by Gasteiger charge is 2.27. The molecule has 106 valence electrons. The summed E-state index contributed by atoms with van der Waals surface area (Å²) in [7, 11) is -3.32. The summed E-state index contributed by atoms with van der Waals surface area (Å²) in [5.41, 5.74) is 5.49. The molecule has 0 bridgehead atoms. The van der Waals surface area contributed by atoms with Gasteiger partial charge in [0.05, 0.1) is 4.90 Å². The summed E-state index contributed by atoms with van der Waals surface area (Å²) in [4.78, 5) is 2.65. The van der Waals surface area contributed by atoms with Gasteiger partial charge in [-0.25, -0.2) is 8.42 Å². The third kappa shape index (κ3) is 3.54. The molecule has 2 N–H and O–H groups in total. The molecule has 0 atom stereocenters. The highest BCUT2D eigenvalue weighted by molar-refractivity contribution is 7.89. The van der Waals surface area contributed by atoms with Gasteiger partial charge in [-0.1, -0.05) is 18.2 Å². The molecule has 0 spiro atoms. The van der Waals surface area contributed by atoms with Crippen molar-refractivity contribution in [2.45, 2.75) is 11.3 Å². The Morgan fingerprint density at radius 1 is 1.05 bits per heavy atom. The molecule has 1 aliphatic heterocycles. The monoisotopic (exact) mass is 283 g/mol. The van der Waals surface area contributed by atoms with Crippen LogP contribution in [-0.4, -0.2) is 56.9 Å². The number of nitrogens with zero attached hydrogens (tertiary/aromatic N) is 2. The number of hydrogen-bond acceptors (Lipinski definition) is 4. The third-order valence-corrected chi connectivity index (χ3v) is 5.30. The van der Waals surface area contributed by atoms with Crippen LogP contribution in [0.2, 0.25) is 0 Å². The molecular weight excluding hydrogens is 262 g/mol. The lowest BCUT2D eigenvalue weighted by molar-refractivity contribution is 0.187. The number of nitrogens with two attached hydrogens (primary N) is 1. The van der Waals surface area contributed by atoms with Crippen LogP contribution < -0.4 is 5.73 Å². The van der Waals surface area contributed by atoms with Crippen molar-refractivity contribution < 1.29 is 8.42 Å². The fourth-order valence-electron chi connectivity index (χ4n) is 2.25. The van der Waals surface area contributed by atoms with Gasteiger partial charge in [0.25, 0.3) is 0 Å². The van der Waals surface area contributed by atoms with Crippen LogP contribution in [0, 0.1) is 0 Å². The van der Waals surface area contributed by atoms with Crippen molar-refractivity contribution >= 4 is 10.0 Å². The van der Waals surface area contributed by atoms with Gasteiger partial charge in [0, 0.05) is 26.2 Å². The van der Waals surface area contributed by atoms with Crippen molar-refractivity contribution in [3.8, 4) is 0 Å². The van der Waals surface area contributed by atoms with Crippen molar-refractivity contribution in [3.63, 3.8) is 0 Å². The molecule has 1 aliphatic rings. The van der Waals surface area contributed by atoms with Crippen LogP contribution in [-0.2, 0) is 10.0 Å². The van der Waals surface area contributed by atoms with E-state index >= 15 is 0 Å². The molecule has 1 heterocycles. The van der Waals surface area contributed by atoms with Crippen molar-refractivity contribution in [2.24, 2.45) is 5.73 Å². The first-order valence-electron chi connectivity index (χ1n) is 6.62. The molecule has 6 heteroatoms. The minimum Gasteiger partial charge on any atom is -0.330 e. The fourth-order valence-corrected chi connectivity index (χ4v) is 3.69. The molecule has 1 saturated heterocycles. The van der Waals surface area contributed by atoms with Crippen molar-refractivity contribution in [3.05, 3.63) is 30.3 Å². The molecule has 2 rings (SSSR count). The first-order chi connectivity index (χ1) is 9.14. The summed E-state index contributed by atoms with van der Waals surface area (Å²) in [5, 5.41) is 0. The first kappa shape index (κ1) is 14.5. The van der Waals surface area contributed by atoms with E-state index in [-0.39, 0.29) is 0 Å². The Hall–Kier alpha value is -0.950. The highest BCUT2D eigenvalue weighted by Crippen LogP contribution is 2.17. The van der Waals surface area contributed by atoms with Gasteiger partial charge in [-0.15, -0.1) is 0 Å². The average Bonchev–Trinajstić information content (AvgIpc) is 2.46. The van der Waals surface area contributed by atoms with E-state index in [1.807, 2.05) is 6.07 Å². The van der Waals surface area contributed by atoms with E-state index in [1.165, 1.54) is 0 Å². The van der Waals surface area contributed by atoms with Crippen LogP contribution in [0.1, 0.15) is 6.42 Å². The van der Waals surface area contributed by atoms with Gasteiger partial charge in [0.2, 0.25) is 10.0 Å². The van der Waals surface area contributed by atoms with Crippen LogP contribution in [0.15, 0.2) is 35.2 Å². The Labute approximate surface area is 115 Å².